The summed E-state index contributed by atoms with van der Waals surface area (Å²) in [6.45, 7) is 6.95. The van der Waals surface area contributed by atoms with Crippen LogP contribution in [0.25, 0.3) is 0 Å². The highest BCUT2D eigenvalue weighted by atomic mass is 35.6. The molecule has 0 saturated heterocycles. The molecule has 2 nitrogen and oxygen atoms in total. The van der Waals surface area contributed by atoms with Crippen molar-refractivity contribution < 1.29 is 4.68 Å². The Morgan fingerprint density at radius 2 is 1.21 bits per heavy atom. The topological polar surface area (TPSA) is 6.25 Å². The minimum Gasteiger partial charge on any atom is -0.118 e. The summed E-state index contributed by atoms with van der Waals surface area (Å²) in [6, 6.07) is 20.2. The number of para-hydroxylation sites is 2. The van der Waals surface area contributed by atoms with Gasteiger partial charge in [-0.05, 0) is 83.2 Å². The van der Waals surface area contributed by atoms with Gasteiger partial charge in [0.25, 0.3) is 0 Å². The van der Waals surface area contributed by atoms with Crippen LogP contribution in [-0.4, -0.2) is 14.3 Å². The molecule has 0 atom stereocenters. The van der Waals surface area contributed by atoms with Gasteiger partial charge in [0.15, 0.2) is 5.71 Å². The molecule has 0 aromatic heterocycles. The highest BCUT2D eigenvalue weighted by Crippen LogP contribution is 2.40. The van der Waals surface area contributed by atoms with Crippen molar-refractivity contribution in [1.29, 1.82) is 0 Å². The summed E-state index contributed by atoms with van der Waals surface area (Å²) in [5.74, 6) is 0.676. The van der Waals surface area contributed by atoms with Crippen LogP contribution in [0.5, 0.6) is 0 Å². The highest BCUT2D eigenvalue weighted by molar-refractivity contribution is 6.66. The second-order valence-electron chi connectivity index (χ2n) is 8.47. The minimum atomic E-state index is -1.59. The molecule has 0 unspecified atom stereocenters. The second kappa shape index (κ2) is 8.65. The SMILES string of the molecule is CC(C)(C)C1CCC(=[N+](N(c2ccccc2)c2ccccc2)C(Cl)(Cl)Cl)CC1. The summed E-state index contributed by atoms with van der Waals surface area (Å²) in [7, 11) is 0. The molecule has 150 valence electrons. The third-order valence-electron chi connectivity index (χ3n) is 5.53. The van der Waals surface area contributed by atoms with Crippen LogP contribution >= 0.6 is 34.8 Å². The largest absolute Gasteiger partial charge is 0.420 e. The van der Waals surface area contributed by atoms with Gasteiger partial charge in [-0.2, -0.15) is 0 Å². The quantitative estimate of drug-likeness (QED) is 0.205. The Kier molecular flexibility index (Phi) is 6.64. The number of alkyl halides is 3. The van der Waals surface area contributed by atoms with Crippen LogP contribution in [0.1, 0.15) is 46.5 Å². The maximum absolute atomic E-state index is 6.55. The average molecular weight is 439 g/mol. The van der Waals surface area contributed by atoms with Gasteiger partial charge in [-0.15, -0.1) is 5.01 Å². The summed E-state index contributed by atoms with van der Waals surface area (Å²) in [5, 5.41) is 2.03. The van der Waals surface area contributed by atoms with E-state index in [-0.39, 0.29) is 0 Å². The number of benzene rings is 2. The van der Waals surface area contributed by atoms with Crippen molar-refractivity contribution in [2.75, 3.05) is 5.01 Å². The fourth-order valence-electron chi connectivity index (χ4n) is 3.98. The number of anilines is 2. The monoisotopic (exact) mass is 437 g/mol. The van der Waals surface area contributed by atoms with Gasteiger partial charge in [0.2, 0.25) is 0 Å². The fourth-order valence-corrected chi connectivity index (χ4v) is 4.57. The number of nitrogens with zero attached hydrogens (tertiary/aromatic N) is 2. The maximum Gasteiger partial charge on any atom is 0.420 e. The summed E-state index contributed by atoms with van der Waals surface area (Å²) >= 11 is 19.6. The third-order valence-corrected chi connectivity index (χ3v) is 6.01. The van der Waals surface area contributed by atoms with E-state index < -0.39 is 3.92 Å². The van der Waals surface area contributed by atoms with E-state index in [2.05, 4.69) is 20.8 Å². The first-order chi connectivity index (χ1) is 13.2. The number of hydrogen-bond acceptors (Lipinski definition) is 1. The van der Waals surface area contributed by atoms with E-state index >= 15 is 0 Å². The molecule has 0 spiro atoms. The fraction of sp³-hybridized carbons (Fsp3) is 0.435. The second-order valence-corrected chi connectivity index (χ2v) is 10.7. The Labute approximate surface area is 183 Å². The van der Waals surface area contributed by atoms with Crippen molar-refractivity contribution in [3.05, 3.63) is 60.7 Å². The molecule has 1 saturated carbocycles. The molecule has 2 aromatic carbocycles. The van der Waals surface area contributed by atoms with Crippen LogP contribution in [0.15, 0.2) is 60.7 Å². The van der Waals surface area contributed by atoms with E-state index in [9.17, 15) is 0 Å². The normalized spacial score (nSPS) is 18.1. The Bertz CT molecular complexity index is 756. The number of hydrazone groups is 1. The standard InChI is InChI=1S/C23H28Cl3N2/c1-22(2,3)18-14-16-21(17-15-18)28(23(24,25)26)27(19-10-6-4-7-11-19)20-12-8-5-9-13-20/h4-13,18H,14-17H2,1-3H3/q+1. The molecule has 0 radical (unpaired) electrons. The summed E-state index contributed by atoms with van der Waals surface area (Å²) in [5.41, 5.74) is 3.39. The predicted molar refractivity (Wildman–Crippen MR) is 122 cm³/mol. The van der Waals surface area contributed by atoms with E-state index in [1.54, 1.807) is 0 Å². The van der Waals surface area contributed by atoms with Crippen molar-refractivity contribution in [3.63, 3.8) is 0 Å². The summed E-state index contributed by atoms with van der Waals surface area (Å²) in [6.07, 6.45) is 4.05. The Hall–Kier alpha value is -1.22. The van der Waals surface area contributed by atoms with E-state index in [0.717, 1.165) is 42.8 Å². The lowest BCUT2D eigenvalue weighted by atomic mass is 9.72. The average Bonchev–Trinajstić information content (AvgIpc) is 2.66. The highest BCUT2D eigenvalue weighted by Gasteiger charge is 2.45. The van der Waals surface area contributed by atoms with Crippen LogP contribution in [0, 0.1) is 11.3 Å². The Balaban J connectivity index is 2.09. The molecule has 0 aliphatic heterocycles. The molecule has 3 rings (SSSR count). The first-order valence-electron chi connectivity index (χ1n) is 9.80. The van der Waals surface area contributed by atoms with Crippen LogP contribution in [-0.2, 0) is 0 Å². The number of rotatable bonds is 3. The number of hydrogen-bond donors (Lipinski definition) is 0. The first kappa shape index (κ1) is 21.5. The van der Waals surface area contributed by atoms with E-state index in [1.807, 2.05) is 70.4 Å². The first-order valence-corrected chi connectivity index (χ1v) is 10.9. The van der Waals surface area contributed by atoms with E-state index in [4.69, 9.17) is 34.8 Å². The maximum atomic E-state index is 6.55. The lowest BCUT2D eigenvalue weighted by molar-refractivity contribution is -0.545. The molecule has 0 bridgehead atoms. The van der Waals surface area contributed by atoms with E-state index in [0.29, 0.717) is 11.3 Å². The smallest absolute Gasteiger partial charge is 0.118 e. The molecule has 1 aliphatic rings. The number of halogens is 3. The van der Waals surface area contributed by atoms with Crippen molar-refractivity contribution in [1.82, 2.24) is 0 Å². The molecular formula is C23H28Cl3N2+. The van der Waals surface area contributed by atoms with Gasteiger partial charge in [-0.1, -0.05) is 61.9 Å². The van der Waals surface area contributed by atoms with Gasteiger partial charge in [0, 0.05) is 12.8 Å². The molecular weight excluding hydrogens is 411 g/mol. The van der Waals surface area contributed by atoms with Gasteiger partial charge < -0.3 is 0 Å². The van der Waals surface area contributed by atoms with Crippen molar-refractivity contribution in [3.8, 4) is 0 Å². The van der Waals surface area contributed by atoms with Crippen LogP contribution in [0.4, 0.5) is 11.4 Å². The van der Waals surface area contributed by atoms with Crippen LogP contribution < -0.4 is 5.01 Å². The van der Waals surface area contributed by atoms with Gasteiger partial charge in [-0.25, -0.2) is 0 Å². The van der Waals surface area contributed by atoms with E-state index in [1.165, 1.54) is 0 Å². The Morgan fingerprint density at radius 3 is 1.57 bits per heavy atom. The summed E-state index contributed by atoms with van der Waals surface area (Å²) < 4.78 is 0.275. The zero-order valence-corrected chi connectivity index (χ0v) is 19.0. The van der Waals surface area contributed by atoms with Crippen molar-refractivity contribution in [2.45, 2.75) is 50.4 Å². The number of hydrazine groups is 1. The van der Waals surface area contributed by atoms with Crippen LogP contribution in [0.2, 0.25) is 0 Å². The van der Waals surface area contributed by atoms with Gasteiger partial charge in [-0.3, -0.25) is 0 Å². The van der Waals surface area contributed by atoms with Crippen molar-refractivity contribution in [2.24, 2.45) is 11.3 Å². The molecule has 0 amide bonds. The molecule has 5 heteroatoms. The lowest BCUT2D eigenvalue weighted by Gasteiger charge is -2.35. The van der Waals surface area contributed by atoms with Crippen molar-refractivity contribution >= 4 is 51.9 Å². The molecule has 0 N–H and O–H groups in total. The van der Waals surface area contributed by atoms with Gasteiger partial charge in [0.05, 0.1) is 0 Å². The Morgan fingerprint density at radius 1 is 0.786 bits per heavy atom. The summed E-state index contributed by atoms with van der Waals surface area (Å²) in [4.78, 5) is 0. The van der Waals surface area contributed by atoms with Gasteiger partial charge in [0.1, 0.15) is 11.4 Å². The molecule has 28 heavy (non-hydrogen) atoms. The predicted octanol–water partition coefficient (Wildman–Crippen LogP) is 7.76. The third kappa shape index (κ3) is 5.03. The molecule has 1 aliphatic carbocycles. The molecule has 1 fully saturated rings. The van der Waals surface area contributed by atoms with Gasteiger partial charge >= 0.3 is 3.92 Å². The lowest BCUT2D eigenvalue weighted by Crippen LogP contribution is -2.45. The minimum absolute atomic E-state index is 0.300. The van der Waals surface area contributed by atoms with Crippen LogP contribution in [0.3, 0.4) is 0 Å². The molecule has 2 aromatic rings. The zero-order valence-electron chi connectivity index (χ0n) is 16.7. The molecule has 0 heterocycles. The zero-order chi connectivity index (χ0) is 20.4.